The Bertz CT molecular complexity index is 232. The van der Waals surface area contributed by atoms with Crippen LogP contribution in [0.15, 0.2) is 0 Å². The molecule has 0 aromatic carbocycles. The van der Waals surface area contributed by atoms with Crippen molar-refractivity contribution in [3.8, 4) is 6.07 Å². The third-order valence-corrected chi connectivity index (χ3v) is 3.59. The van der Waals surface area contributed by atoms with Gasteiger partial charge in [0.1, 0.15) is 0 Å². The van der Waals surface area contributed by atoms with Crippen LogP contribution in [-0.2, 0) is 0 Å². The average molecular weight is 223 g/mol. The molecule has 0 aliphatic carbocycles. The van der Waals surface area contributed by atoms with E-state index in [0.717, 1.165) is 31.3 Å². The second-order valence-electron chi connectivity index (χ2n) is 5.12. The SMILES string of the molecule is CCNC(C#N)CCN1CCC(C(C)C)C1. The van der Waals surface area contributed by atoms with Crippen LogP contribution in [-0.4, -0.2) is 37.1 Å². The van der Waals surface area contributed by atoms with Gasteiger partial charge in [-0.25, -0.2) is 0 Å². The van der Waals surface area contributed by atoms with Crippen molar-refractivity contribution in [1.82, 2.24) is 10.2 Å². The smallest absolute Gasteiger partial charge is 0.0965 e. The molecule has 1 saturated heterocycles. The molecular weight excluding hydrogens is 198 g/mol. The van der Waals surface area contributed by atoms with Gasteiger partial charge in [0.15, 0.2) is 0 Å². The van der Waals surface area contributed by atoms with Gasteiger partial charge in [0.05, 0.1) is 12.1 Å². The Hall–Kier alpha value is -0.590. The molecule has 0 aromatic rings. The van der Waals surface area contributed by atoms with Crippen LogP contribution in [0.25, 0.3) is 0 Å². The summed E-state index contributed by atoms with van der Waals surface area (Å²) >= 11 is 0. The van der Waals surface area contributed by atoms with Crippen molar-refractivity contribution < 1.29 is 0 Å². The molecule has 0 bridgehead atoms. The maximum Gasteiger partial charge on any atom is 0.0965 e. The maximum absolute atomic E-state index is 8.94. The molecular formula is C13H25N3. The molecule has 1 fully saturated rings. The normalized spacial score (nSPS) is 23.6. The highest BCUT2D eigenvalue weighted by Crippen LogP contribution is 2.23. The highest BCUT2D eigenvalue weighted by Gasteiger charge is 2.24. The maximum atomic E-state index is 8.94. The second kappa shape index (κ2) is 6.88. The van der Waals surface area contributed by atoms with E-state index >= 15 is 0 Å². The summed E-state index contributed by atoms with van der Waals surface area (Å²) in [5.74, 6) is 1.66. The van der Waals surface area contributed by atoms with Gasteiger partial charge in [0.2, 0.25) is 0 Å². The first-order chi connectivity index (χ1) is 7.67. The summed E-state index contributed by atoms with van der Waals surface area (Å²) in [5.41, 5.74) is 0. The summed E-state index contributed by atoms with van der Waals surface area (Å²) in [4.78, 5) is 2.51. The molecule has 0 spiro atoms. The Morgan fingerprint density at radius 1 is 1.50 bits per heavy atom. The molecule has 1 aliphatic rings. The third-order valence-electron chi connectivity index (χ3n) is 3.59. The minimum Gasteiger partial charge on any atom is -0.303 e. The van der Waals surface area contributed by atoms with E-state index in [1.165, 1.54) is 19.5 Å². The second-order valence-corrected chi connectivity index (χ2v) is 5.12. The summed E-state index contributed by atoms with van der Waals surface area (Å²) in [6, 6.07) is 2.35. The number of nitrogens with one attached hydrogen (secondary N) is 1. The number of nitrogens with zero attached hydrogens (tertiary/aromatic N) is 2. The van der Waals surface area contributed by atoms with E-state index in [-0.39, 0.29) is 6.04 Å². The molecule has 92 valence electrons. The van der Waals surface area contributed by atoms with E-state index < -0.39 is 0 Å². The third kappa shape index (κ3) is 4.11. The van der Waals surface area contributed by atoms with Crippen molar-refractivity contribution in [1.29, 1.82) is 5.26 Å². The summed E-state index contributed by atoms with van der Waals surface area (Å²) in [7, 11) is 0. The van der Waals surface area contributed by atoms with Crippen LogP contribution in [0.2, 0.25) is 0 Å². The average Bonchev–Trinajstić information content (AvgIpc) is 2.73. The summed E-state index contributed by atoms with van der Waals surface area (Å²) in [6.45, 7) is 11.1. The van der Waals surface area contributed by atoms with Crippen molar-refractivity contribution in [3.63, 3.8) is 0 Å². The lowest BCUT2D eigenvalue weighted by atomic mass is 9.95. The fourth-order valence-corrected chi connectivity index (χ4v) is 2.38. The fourth-order valence-electron chi connectivity index (χ4n) is 2.38. The van der Waals surface area contributed by atoms with E-state index in [9.17, 15) is 0 Å². The van der Waals surface area contributed by atoms with Gasteiger partial charge in [-0.2, -0.15) is 5.26 Å². The minimum atomic E-state index is 0.0306. The van der Waals surface area contributed by atoms with Gasteiger partial charge in [-0.15, -0.1) is 0 Å². The first kappa shape index (κ1) is 13.5. The minimum absolute atomic E-state index is 0.0306. The van der Waals surface area contributed by atoms with E-state index in [2.05, 4.69) is 37.1 Å². The van der Waals surface area contributed by atoms with Gasteiger partial charge in [0.25, 0.3) is 0 Å². The summed E-state index contributed by atoms with van der Waals surface area (Å²) < 4.78 is 0. The van der Waals surface area contributed by atoms with Gasteiger partial charge >= 0.3 is 0 Å². The molecule has 1 aliphatic heterocycles. The van der Waals surface area contributed by atoms with Crippen LogP contribution in [0, 0.1) is 23.2 Å². The lowest BCUT2D eigenvalue weighted by molar-refractivity contribution is 0.292. The van der Waals surface area contributed by atoms with Gasteiger partial charge < -0.3 is 10.2 Å². The van der Waals surface area contributed by atoms with Crippen molar-refractivity contribution in [2.45, 2.75) is 39.7 Å². The zero-order chi connectivity index (χ0) is 12.0. The summed E-state index contributed by atoms with van der Waals surface area (Å²) in [5, 5.41) is 12.1. The van der Waals surface area contributed by atoms with Gasteiger partial charge in [-0.1, -0.05) is 20.8 Å². The highest BCUT2D eigenvalue weighted by molar-refractivity contribution is 4.90. The number of rotatable bonds is 6. The van der Waals surface area contributed by atoms with Crippen molar-refractivity contribution >= 4 is 0 Å². The number of hydrogen-bond acceptors (Lipinski definition) is 3. The Morgan fingerprint density at radius 3 is 2.75 bits per heavy atom. The standard InChI is InChI=1S/C13H25N3/c1-4-15-13(9-14)6-8-16-7-5-12(10-16)11(2)3/h11-13,15H,4-8,10H2,1-3H3. The predicted octanol–water partition coefficient (Wildman–Crippen LogP) is 1.86. The van der Waals surface area contributed by atoms with Crippen molar-refractivity contribution in [3.05, 3.63) is 0 Å². The van der Waals surface area contributed by atoms with Crippen LogP contribution < -0.4 is 5.32 Å². The largest absolute Gasteiger partial charge is 0.303 e. The quantitative estimate of drug-likeness (QED) is 0.747. The van der Waals surface area contributed by atoms with Crippen molar-refractivity contribution in [2.75, 3.05) is 26.2 Å². The van der Waals surface area contributed by atoms with Crippen LogP contribution in [0.5, 0.6) is 0 Å². The number of hydrogen-bond donors (Lipinski definition) is 1. The lowest BCUT2D eigenvalue weighted by Gasteiger charge is -2.19. The van der Waals surface area contributed by atoms with Gasteiger partial charge in [-0.05, 0) is 37.8 Å². The van der Waals surface area contributed by atoms with Crippen LogP contribution in [0.3, 0.4) is 0 Å². The van der Waals surface area contributed by atoms with Crippen LogP contribution in [0.4, 0.5) is 0 Å². The van der Waals surface area contributed by atoms with Crippen LogP contribution >= 0.6 is 0 Å². The zero-order valence-corrected chi connectivity index (χ0v) is 10.9. The summed E-state index contributed by atoms with van der Waals surface area (Å²) in [6.07, 6.45) is 2.28. The molecule has 3 heteroatoms. The van der Waals surface area contributed by atoms with Crippen molar-refractivity contribution in [2.24, 2.45) is 11.8 Å². The molecule has 0 amide bonds. The fraction of sp³-hybridized carbons (Fsp3) is 0.923. The van der Waals surface area contributed by atoms with E-state index in [1.807, 2.05) is 0 Å². The first-order valence-electron chi connectivity index (χ1n) is 6.52. The monoisotopic (exact) mass is 223 g/mol. The zero-order valence-electron chi connectivity index (χ0n) is 10.9. The van der Waals surface area contributed by atoms with Gasteiger partial charge in [0, 0.05) is 13.1 Å². The lowest BCUT2D eigenvalue weighted by Crippen LogP contribution is -2.32. The molecule has 3 nitrogen and oxygen atoms in total. The molecule has 0 radical (unpaired) electrons. The van der Waals surface area contributed by atoms with Crippen LogP contribution in [0.1, 0.15) is 33.6 Å². The number of likely N-dealkylation sites (tertiary alicyclic amines) is 1. The Morgan fingerprint density at radius 2 is 2.25 bits per heavy atom. The Labute approximate surface area is 99.8 Å². The van der Waals surface area contributed by atoms with E-state index in [0.29, 0.717) is 0 Å². The predicted molar refractivity (Wildman–Crippen MR) is 67.1 cm³/mol. The molecule has 1 N–H and O–H groups in total. The van der Waals surface area contributed by atoms with Gasteiger partial charge in [-0.3, -0.25) is 0 Å². The number of nitriles is 1. The Kier molecular flexibility index (Phi) is 5.79. The topological polar surface area (TPSA) is 39.1 Å². The first-order valence-corrected chi connectivity index (χ1v) is 6.52. The highest BCUT2D eigenvalue weighted by atomic mass is 15.1. The molecule has 0 saturated carbocycles. The Balaban J connectivity index is 2.22. The van der Waals surface area contributed by atoms with E-state index in [4.69, 9.17) is 5.26 Å². The molecule has 0 aromatic heterocycles. The van der Waals surface area contributed by atoms with E-state index in [1.54, 1.807) is 0 Å². The molecule has 1 heterocycles. The molecule has 1 rings (SSSR count). The molecule has 16 heavy (non-hydrogen) atoms. The molecule has 2 atom stereocenters. The molecule has 2 unspecified atom stereocenters.